The van der Waals surface area contributed by atoms with Crippen molar-refractivity contribution in [1.29, 1.82) is 0 Å². The summed E-state index contributed by atoms with van der Waals surface area (Å²) in [6.45, 7) is -0.0211. The molecule has 0 atom stereocenters. The molecule has 4 N–H and O–H groups in total. The monoisotopic (exact) mass is 240 g/mol. The molecule has 0 spiro atoms. The molecule has 7 heteroatoms. The Kier molecular flexibility index (Phi) is 3.04. The van der Waals surface area contributed by atoms with Crippen LogP contribution in [0.2, 0.25) is 0 Å². The van der Waals surface area contributed by atoms with E-state index in [0.29, 0.717) is 11.2 Å². The van der Waals surface area contributed by atoms with Gasteiger partial charge in [0.25, 0.3) is 5.91 Å². The summed E-state index contributed by atoms with van der Waals surface area (Å²) in [4.78, 5) is 26.5. The van der Waals surface area contributed by atoms with Crippen molar-refractivity contribution in [2.45, 2.75) is 18.9 Å². The van der Waals surface area contributed by atoms with E-state index < -0.39 is 0 Å². The Balaban J connectivity index is 1.76. The van der Waals surface area contributed by atoms with E-state index in [4.69, 9.17) is 5.73 Å². The Morgan fingerprint density at radius 2 is 2.31 bits per heavy atom. The van der Waals surface area contributed by atoms with Gasteiger partial charge in [-0.05, 0) is 12.8 Å². The lowest BCUT2D eigenvalue weighted by Crippen LogP contribution is -2.37. The highest BCUT2D eigenvalue weighted by atomic mass is 32.1. The first kappa shape index (κ1) is 10.9. The standard InChI is InChI=1S/C9H12N4O2S/c10-9-13-6(4-16-9)8(15)11-3-7(14)12-5-1-2-5/h4-5H,1-3H2,(H2,10,13)(H,11,15)(H,12,14). The van der Waals surface area contributed by atoms with Crippen molar-refractivity contribution in [2.75, 3.05) is 12.3 Å². The van der Waals surface area contributed by atoms with Crippen LogP contribution in [0.1, 0.15) is 23.3 Å². The second-order valence-electron chi connectivity index (χ2n) is 3.60. The summed E-state index contributed by atoms with van der Waals surface area (Å²) in [6.07, 6.45) is 2.06. The summed E-state index contributed by atoms with van der Waals surface area (Å²) >= 11 is 1.19. The van der Waals surface area contributed by atoms with E-state index in [1.165, 1.54) is 11.3 Å². The lowest BCUT2D eigenvalue weighted by molar-refractivity contribution is -0.120. The Morgan fingerprint density at radius 3 is 2.88 bits per heavy atom. The molecular weight excluding hydrogens is 228 g/mol. The normalized spacial score (nSPS) is 14.5. The summed E-state index contributed by atoms with van der Waals surface area (Å²) < 4.78 is 0. The largest absolute Gasteiger partial charge is 0.375 e. The minimum atomic E-state index is -0.376. The van der Waals surface area contributed by atoms with Crippen molar-refractivity contribution in [1.82, 2.24) is 15.6 Å². The zero-order valence-corrected chi connectivity index (χ0v) is 9.34. The van der Waals surface area contributed by atoms with Crippen LogP contribution in [0, 0.1) is 0 Å². The van der Waals surface area contributed by atoms with Crippen LogP contribution < -0.4 is 16.4 Å². The van der Waals surface area contributed by atoms with Crippen LogP contribution in [0.15, 0.2) is 5.38 Å². The summed E-state index contributed by atoms with van der Waals surface area (Å²) in [5.41, 5.74) is 5.65. The van der Waals surface area contributed by atoms with Crippen LogP contribution in [0.3, 0.4) is 0 Å². The number of aromatic nitrogens is 1. The van der Waals surface area contributed by atoms with Gasteiger partial charge in [0.05, 0.1) is 6.54 Å². The van der Waals surface area contributed by atoms with Gasteiger partial charge in [-0.1, -0.05) is 0 Å². The summed E-state index contributed by atoms with van der Waals surface area (Å²) in [6, 6.07) is 0.305. The molecule has 1 aromatic rings. The van der Waals surface area contributed by atoms with E-state index in [2.05, 4.69) is 15.6 Å². The third-order valence-corrected chi connectivity index (χ3v) is 2.78. The molecule has 16 heavy (non-hydrogen) atoms. The quantitative estimate of drug-likeness (QED) is 0.675. The number of rotatable bonds is 4. The second-order valence-corrected chi connectivity index (χ2v) is 4.49. The maximum atomic E-state index is 11.5. The van der Waals surface area contributed by atoms with Gasteiger partial charge in [-0.2, -0.15) is 0 Å². The molecule has 0 unspecified atom stereocenters. The van der Waals surface area contributed by atoms with Gasteiger partial charge in [0, 0.05) is 11.4 Å². The Morgan fingerprint density at radius 1 is 1.56 bits per heavy atom. The first-order chi connectivity index (χ1) is 7.65. The summed E-state index contributed by atoms with van der Waals surface area (Å²) in [5.74, 6) is -0.544. The fraction of sp³-hybridized carbons (Fsp3) is 0.444. The zero-order valence-electron chi connectivity index (χ0n) is 8.53. The number of nitrogens with zero attached hydrogens (tertiary/aromatic N) is 1. The first-order valence-corrected chi connectivity index (χ1v) is 5.81. The molecule has 0 radical (unpaired) electrons. The molecule has 86 valence electrons. The predicted molar refractivity (Wildman–Crippen MR) is 60.0 cm³/mol. The Labute approximate surface area is 96.2 Å². The highest BCUT2D eigenvalue weighted by molar-refractivity contribution is 7.13. The molecule has 2 amide bonds. The average Bonchev–Trinajstić information content (AvgIpc) is 2.95. The number of hydrogen-bond acceptors (Lipinski definition) is 5. The van der Waals surface area contributed by atoms with Crippen molar-refractivity contribution in [3.63, 3.8) is 0 Å². The second kappa shape index (κ2) is 4.48. The number of nitrogen functional groups attached to an aromatic ring is 1. The van der Waals surface area contributed by atoms with Crippen LogP contribution in [0.4, 0.5) is 5.13 Å². The van der Waals surface area contributed by atoms with Crippen LogP contribution in [-0.2, 0) is 4.79 Å². The Hall–Kier alpha value is -1.63. The SMILES string of the molecule is Nc1nc(C(=O)NCC(=O)NC2CC2)cs1. The molecule has 1 fully saturated rings. The number of anilines is 1. The van der Waals surface area contributed by atoms with Gasteiger partial charge < -0.3 is 16.4 Å². The lowest BCUT2D eigenvalue weighted by Gasteiger charge is -2.03. The number of nitrogens with one attached hydrogen (secondary N) is 2. The summed E-state index contributed by atoms with van der Waals surface area (Å²) in [7, 11) is 0. The van der Waals surface area contributed by atoms with E-state index in [1.54, 1.807) is 5.38 Å². The van der Waals surface area contributed by atoms with Crippen LogP contribution >= 0.6 is 11.3 Å². The van der Waals surface area contributed by atoms with Crippen LogP contribution in [0.5, 0.6) is 0 Å². The third-order valence-electron chi connectivity index (χ3n) is 2.11. The smallest absolute Gasteiger partial charge is 0.271 e. The fourth-order valence-electron chi connectivity index (χ4n) is 1.15. The molecule has 1 aliphatic carbocycles. The first-order valence-electron chi connectivity index (χ1n) is 4.93. The average molecular weight is 240 g/mol. The molecule has 1 aliphatic rings. The van der Waals surface area contributed by atoms with E-state index in [1.807, 2.05) is 0 Å². The minimum absolute atomic E-state index is 0.0211. The zero-order chi connectivity index (χ0) is 11.5. The van der Waals surface area contributed by atoms with Gasteiger partial charge >= 0.3 is 0 Å². The molecule has 0 aromatic carbocycles. The van der Waals surface area contributed by atoms with E-state index in [-0.39, 0.29) is 24.1 Å². The van der Waals surface area contributed by atoms with Gasteiger partial charge in [0.2, 0.25) is 5.91 Å². The lowest BCUT2D eigenvalue weighted by atomic mass is 10.4. The number of amides is 2. The summed E-state index contributed by atoms with van der Waals surface area (Å²) in [5, 5.41) is 7.15. The number of carbonyl (C=O) groups excluding carboxylic acids is 2. The third kappa shape index (κ3) is 2.93. The molecule has 1 aromatic heterocycles. The van der Waals surface area contributed by atoms with Crippen molar-refractivity contribution in [2.24, 2.45) is 0 Å². The van der Waals surface area contributed by atoms with Crippen LogP contribution in [-0.4, -0.2) is 29.4 Å². The van der Waals surface area contributed by atoms with Gasteiger partial charge in [0.1, 0.15) is 5.69 Å². The maximum Gasteiger partial charge on any atom is 0.271 e. The highest BCUT2D eigenvalue weighted by Gasteiger charge is 2.23. The molecule has 0 bridgehead atoms. The molecule has 0 aliphatic heterocycles. The van der Waals surface area contributed by atoms with E-state index in [9.17, 15) is 9.59 Å². The van der Waals surface area contributed by atoms with Crippen molar-refractivity contribution in [3.05, 3.63) is 11.1 Å². The molecule has 2 rings (SSSR count). The topological polar surface area (TPSA) is 97.1 Å². The molecule has 1 saturated carbocycles. The highest BCUT2D eigenvalue weighted by Crippen LogP contribution is 2.18. The molecule has 6 nitrogen and oxygen atoms in total. The minimum Gasteiger partial charge on any atom is -0.375 e. The van der Waals surface area contributed by atoms with Gasteiger partial charge in [-0.3, -0.25) is 9.59 Å². The number of nitrogens with two attached hydrogens (primary N) is 1. The maximum absolute atomic E-state index is 11.5. The fourth-order valence-corrected chi connectivity index (χ4v) is 1.69. The molecule has 1 heterocycles. The Bertz CT molecular complexity index is 413. The van der Waals surface area contributed by atoms with Gasteiger partial charge in [0.15, 0.2) is 5.13 Å². The number of thiazole rings is 1. The van der Waals surface area contributed by atoms with Crippen molar-refractivity contribution < 1.29 is 9.59 Å². The van der Waals surface area contributed by atoms with Gasteiger partial charge in [-0.15, -0.1) is 11.3 Å². The van der Waals surface area contributed by atoms with Gasteiger partial charge in [-0.25, -0.2) is 4.98 Å². The molecule has 0 saturated heterocycles. The van der Waals surface area contributed by atoms with E-state index in [0.717, 1.165) is 12.8 Å². The van der Waals surface area contributed by atoms with Crippen molar-refractivity contribution >= 4 is 28.3 Å². The molecular formula is C9H12N4O2S. The predicted octanol–water partition coefficient (Wildman–Crippen LogP) is -0.266. The number of hydrogen-bond donors (Lipinski definition) is 3. The van der Waals surface area contributed by atoms with Crippen LogP contribution in [0.25, 0.3) is 0 Å². The van der Waals surface area contributed by atoms with E-state index >= 15 is 0 Å². The van der Waals surface area contributed by atoms with Crippen molar-refractivity contribution in [3.8, 4) is 0 Å². The number of carbonyl (C=O) groups is 2.